The molecule has 0 fully saturated rings. The lowest BCUT2D eigenvalue weighted by atomic mass is 9.77. The summed E-state index contributed by atoms with van der Waals surface area (Å²) < 4.78 is 11.2. The molecule has 9 heteroatoms. The number of rotatable bonds is 17. The van der Waals surface area contributed by atoms with Crippen molar-refractivity contribution < 1.29 is 29.0 Å². The first-order valence-corrected chi connectivity index (χ1v) is 18.0. The fourth-order valence-electron chi connectivity index (χ4n) is 7.24. The number of carboxylic acid groups (broad SMARTS) is 1. The maximum absolute atomic E-state index is 13.3. The normalized spacial score (nSPS) is 12.6. The molecule has 1 atom stereocenters. The standard InChI is InChI=1S/C44H45N3O6/c1-52-34-25-23-33(24-26-34)44(31-14-4-2-5-15-31,32-16-6-3-7-17-32)46-28-13-12-22-40(42(50)45-29-27-41(48)49)47-43(51)53-30-39-37-20-10-8-18-35(37)36-19-9-11-21-38(36)39/h2-11,14-21,23-26,39-40,46H,12-13,22,27-30H2,1H3,(H,45,50)(H,47,51)(H,48,49)/t40-/m0/s1. The molecule has 4 N–H and O–H groups in total. The van der Waals surface area contributed by atoms with Crippen LogP contribution in [-0.2, 0) is 19.9 Å². The van der Waals surface area contributed by atoms with E-state index in [2.05, 4.69) is 64.5 Å². The molecular formula is C44H45N3O6. The minimum Gasteiger partial charge on any atom is -0.497 e. The first kappa shape index (κ1) is 36.8. The highest BCUT2D eigenvalue weighted by atomic mass is 16.5. The number of alkyl carbamates (subject to hydrolysis) is 1. The minimum absolute atomic E-state index is 0.0445. The second-order valence-electron chi connectivity index (χ2n) is 13.1. The van der Waals surface area contributed by atoms with Crippen molar-refractivity contribution in [3.05, 3.63) is 161 Å². The Kier molecular flexibility index (Phi) is 12.2. The highest BCUT2D eigenvalue weighted by Gasteiger charge is 2.36. The van der Waals surface area contributed by atoms with Crippen molar-refractivity contribution in [1.82, 2.24) is 16.0 Å². The summed E-state index contributed by atoms with van der Waals surface area (Å²) in [6.45, 7) is 0.661. The van der Waals surface area contributed by atoms with E-state index in [1.54, 1.807) is 7.11 Å². The number of aliphatic carboxylic acids is 1. The summed E-state index contributed by atoms with van der Waals surface area (Å²) in [6.07, 6.45) is 0.685. The summed E-state index contributed by atoms with van der Waals surface area (Å²) in [7, 11) is 1.65. The van der Waals surface area contributed by atoms with Crippen molar-refractivity contribution in [2.45, 2.75) is 43.2 Å². The van der Waals surface area contributed by atoms with Crippen molar-refractivity contribution in [2.75, 3.05) is 26.8 Å². The number of carboxylic acids is 1. The second kappa shape index (κ2) is 17.5. The largest absolute Gasteiger partial charge is 0.497 e. The number of benzene rings is 5. The number of unbranched alkanes of at least 4 members (excludes halogenated alkanes) is 1. The van der Waals surface area contributed by atoms with Crippen molar-refractivity contribution >= 4 is 18.0 Å². The summed E-state index contributed by atoms with van der Waals surface area (Å²) in [4.78, 5) is 37.6. The average molecular weight is 712 g/mol. The van der Waals surface area contributed by atoms with Gasteiger partial charge in [-0.1, -0.05) is 121 Å². The Bertz CT molecular complexity index is 1900. The number of fused-ring (bicyclic) bond motifs is 3. The molecule has 1 aliphatic carbocycles. The van der Waals surface area contributed by atoms with Gasteiger partial charge in [-0.25, -0.2) is 4.79 Å². The molecule has 5 aromatic carbocycles. The van der Waals surface area contributed by atoms with Gasteiger partial charge in [0.2, 0.25) is 5.91 Å². The Labute approximate surface area is 310 Å². The van der Waals surface area contributed by atoms with Gasteiger partial charge in [-0.3, -0.25) is 14.9 Å². The lowest BCUT2D eigenvalue weighted by molar-refractivity contribution is -0.137. The quantitative estimate of drug-likeness (QED) is 0.0592. The van der Waals surface area contributed by atoms with Crippen LogP contribution < -0.4 is 20.7 Å². The van der Waals surface area contributed by atoms with Gasteiger partial charge in [-0.15, -0.1) is 0 Å². The lowest BCUT2D eigenvalue weighted by Crippen LogP contribution is -2.47. The number of carbonyl (C=O) groups excluding carboxylic acids is 2. The van der Waals surface area contributed by atoms with Gasteiger partial charge < -0.3 is 25.2 Å². The van der Waals surface area contributed by atoms with Gasteiger partial charge in [0.25, 0.3) is 0 Å². The molecule has 0 saturated carbocycles. The molecule has 272 valence electrons. The molecule has 0 radical (unpaired) electrons. The molecule has 53 heavy (non-hydrogen) atoms. The zero-order valence-corrected chi connectivity index (χ0v) is 29.8. The number of hydrogen-bond acceptors (Lipinski definition) is 6. The number of nitrogens with one attached hydrogen (secondary N) is 3. The fraction of sp³-hybridized carbons (Fsp3) is 0.250. The number of methoxy groups -OCH3 is 1. The smallest absolute Gasteiger partial charge is 0.407 e. The molecule has 0 saturated heterocycles. The third-order valence-corrected chi connectivity index (χ3v) is 9.84. The first-order valence-electron chi connectivity index (χ1n) is 18.0. The monoisotopic (exact) mass is 711 g/mol. The molecule has 9 nitrogen and oxygen atoms in total. The fourth-order valence-corrected chi connectivity index (χ4v) is 7.24. The summed E-state index contributed by atoms with van der Waals surface area (Å²) in [5, 5.41) is 18.4. The molecule has 0 heterocycles. The molecule has 1 aliphatic rings. The van der Waals surface area contributed by atoms with Crippen LogP contribution in [0.1, 0.15) is 59.4 Å². The van der Waals surface area contributed by atoms with E-state index < -0.39 is 29.6 Å². The molecular weight excluding hydrogens is 666 g/mol. The third-order valence-electron chi connectivity index (χ3n) is 9.84. The predicted molar refractivity (Wildman–Crippen MR) is 205 cm³/mol. The van der Waals surface area contributed by atoms with Gasteiger partial charge in [0.15, 0.2) is 0 Å². The molecule has 0 bridgehead atoms. The Morgan fingerprint density at radius 3 is 1.81 bits per heavy atom. The van der Waals surface area contributed by atoms with Crippen molar-refractivity contribution in [1.29, 1.82) is 0 Å². The van der Waals surface area contributed by atoms with Crippen LogP contribution in [0.15, 0.2) is 133 Å². The molecule has 6 rings (SSSR count). The second-order valence-corrected chi connectivity index (χ2v) is 13.1. The van der Waals surface area contributed by atoms with Crippen LogP contribution in [0.5, 0.6) is 5.75 Å². The lowest BCUT2D eigenvalue weighted by Gasteiger charge is -2.37. The van der Waals surface area contributed by atoms with Gasteiger partial charge in [0.1, 0.15) is 18.4 Å². The Hall–Kier alpha value is -5.93. The van der Waals surface area contributed by atoms with E-state index in [0.717, 1.165) is 44.7 Å². The Morgan fingerprint density at radius 1 is 0.698 bits per heavy atom. The van der Waals surface area contributed by atoms with Crippen molar-refractivity contribution in [3.63, 3.8) is 0 Å². The molecule has 5 aromatic rings. The number of carbonyl (C=O) groups is 3. The Morgan fingerprint density at radius 2 is 1.25 bits per heavy atom. The van der Waals surface area contributed by atoms with Crippen LogP contribution in [0.25, 0.3) is 11.1 Å². The van der Waals surface area contributed by atoms with Crippen LogP contribution in [-0.4, -0.2) is 55.9 Å². The average Bonchev–Trinajstić information content (AvgIpc) is 3.52. The summed E-state index contributed by atoms with van der Waals surface area (Å²) in [5.74, 6) is -0.828. The maximum atomic E-state index is 13.3. The summed E-state index contributed by atoms with van der Waals surface area (Å²) >= 11 is 0. The van der Waals surface area contributed by atoms with Crippen LogP contribution in [0.4, 0.5) is 4.79 Å². The van der Waals surface area contributed by atoms with Gasteiger partial charge >= 0.3 is 12.1 Å². The van der Waals surface area contributed by atoms with E-state index in [0.29, 0.717) is 25.8 Å². The molecule has 0 spiro atoms. The Balaban J connectivity index is 1.14. The molecule has 0 aliphatic heterocycles. The van der Waals surface area contributed by atoms with Crippen molar-refractivity contribution in [2.24, 2.45) is 0 Å². The van der Waals surface area contributed by atoms with E-state index >= 15 is 0 Å². The predicted octanol–water partition coefficient (Wildman–Crippen LogP) is 7.25. The van der Waals surface area contributed by atoms with Crippen molar-refractivity contribution in [3.8, 4) is 16.9 Å². The van der Waals surface area contributed by atoms with Gasteiger partial charge in [0, 0.05) is 12.5 Å². The zero-order valence-electron chi connectivity index (χ0n) is 29.8. The zero-order chi connectivity index (χ0) is 37.0. The van der Waals surface area contributed by atoms with E-state index in [-0.39, 0.29) is 25.5 Å². The van der Waals surface area contributed by atoms with Crippen LogP contribution in [0.2, 0.25) is 0 Å². The molecule has 0 unspecified atom stereocenters. The first-order chi connectivity index (χ1) is 25.9. The van der Waals surface area contributed by atoms with E-state index in [9.17, 15) is 14.4 Å². The minimum atomic E-state index is -1.02. The van der Waals surface area contributed by atoms with Gasteiger partial charge in [-0.2, -0.15) is 0 Å². The van der Waals surface area contributed by atoms with Crippen LogP contribution in [0.3, 0.4) is 0 Å². The third kappa shape index (κ3) is 8.59. The number of hydrogen-bond donors (Lipinski definition) is 4. The van der Waals surface area contributed by atoms with E-state index in [4.69, 9.17) is 14.6 Å². The SMILES string of the molecule is COc1ccc(C(NCCCC[C@H](NC(=O)OCC2c3ccccc3-c3ccccc32)C(=O)NCCC(=O)O)(c2ccccc2)c2ccccc2)cc1. The van der Waals surface area contributed by atoms with Gasteiger partial charge in [0.05, 0.1) is 19.1 Å². The topological polar surface area (TPSA) is 126 Å². The highest BCUT2D eigenvalue weighted by molar-refractivity contribution is 5.86. The van der Waals surface area contributed by atoms with E-state index in [1.165, 1.54) is 0 Å². The maximum Gasteiger partial charge on any atom is 0.407 e. The summed E-state index contributed by atoms with van der Waals surface area (Å²) in [6, 6.07) is 43.9. The van der Waals surface area contributed by atoms with Crippen LogP contribution in [0, 0.1) is 0 Å². The van der Waals surface area contributed by atoms with E-state index in [1.807, 2.05) is 84.9 Å². The van der Waals surface area contributed by atoms with Gasteiger partial charge in [-0.05, 0) is 76.9 Å². The molecule has 2 amide bonds. The number of amides is 2. The highest BCUT2D eigenvalue weighted by Crippen LogP contribution is 2.44. The number of ether oxygens (including phenoxy) is 2. The molecule has 0 aromatic heterocycles. The van der Waals surface area contributed by atoms with Crippen LogP contribution >= 0.6 is 0 Å². The summed E-state index contributed by atoms with van der Waals surface area (Å²) in [5.41, 5.74) is 6.94.